The molecule has 0 aromatic heterocycles. The maximum absolute atomic E-state index is 6.96. The van der Waals surface area contributed by atoms with Gasteiger partial charge in [-0.2, -0.15) is 0 Å². The van der Waals surface area contributed by atoms with E-state index in [4.69, 9.17) is 11.1 Å². The van der Waals surface area contributed by atoms with Gasteiger partial charge in [-0.15, -0.1) is 0 Å². The third-order valence-electron chi connectivity index (χ3n) is 1.98. The van der Waals surface area contributed by atoms with Gasteiger partial charge in [0.2, 0.25) is 0 Å². The van der Waals surface area contributed by atoms with Gasteiger partial charge in [-0.3, -0.25) is 5.41 Å². The Morgan fingerprint density at radius 1 is 1.73 bits per heavy atom. The zero-order valence-electron chi connectivity index (χ0n) is 6.69. The fraction of sp³-hybridized carbons (Fsp3) is 0.857. The molecule has 0 spiro atoms. The Bertz CT molecular complexity index is 128. The molecule has 1 heterocycles. The average Bonchev–Trinajstić information content (AvgIpc) is 2.03. The monoisotopic (exact) mass is 156 g/mol. The van der Waals surface area contributed by atoms with Gasteiger partial charge in [0, 0.05) is 6.54 Å². The van der Waals surface area contributed by atoms with Crippen LogP contribution in [0.2, 0.25) is 0 Å². The molecule has 1 fully saturated rings. The molecule has 0 aliphatic carbocycles. The largest absolute Gasteiger partial charge is 0.370 e. The molecule has 0 aromatic carbocycles. The van der Waals surface area contributed by atoms with Gasteiger partial charge in [-0.1, -0.05) is 0 Å². The molecule has 4 nitrogen and oxygen atoms in total. The van der Waals surface area contributed by atoms with Crippen molar-refractivity contribution >= 4 is 5.96 Å². The minimum atomic E-state index is 0.0792. The van der Waals surface area contributed by atoms with Gasteiger partial charge in [-0.25, -0.2) is 0 Å². The highest BCUT2D eigenvalue weighted by molar-refractivity contribution is 5.74. The first kappa shape index (κ1) is 8.33. The molecule has 0 saturated carbocycles. The molecule has 1 saturated heterocycles. The van der Waals surface area contributed by atoms with Gasteiger partial charge < -0.3 is 16.4 Å². The van der Waals surface area contributed by atoms with E-state index < -0.39 is 0 Å². The average molecular weight is 156 g/mol. The van der Waals surface area contributed by atoms with Crippen LogP contribution in [0.4, 0.5) is 0 Å². The van der Waals surface area contributed by atoms with Crippen molar-refractivity contribution in [3.63, 3.8) is 0 Å². The zero-order valence-corrected chi connectivity index (χ0v) is 6.69. The SMILES string of the molecule is N=C(N)NCC1CCCNC1. The zero-order chi connectivity index (χ0) is 8.10. The molecule has 0 radical (unpaired) electrons. The van der Waals surface area contributed by atoms with Crippen molar-refractivity contribution < 1.29 is 0 Å². The second kappa shape index (κ2) is 4.18. The number of nitrogens with two attached hydrogens (primary N) is 1. The highest BCUT2D eigenvalue weighted by atomic mass is 15.0. The molecule has 64 valence electrons. The van der Waals surface area contributed by atoms with E-state index in [2.05, 4.69) is 10.6 Å². The topological polar surface area (TPSA) is 73.9 Å². The quantitative estimate of drug-likeness (QED) is 0.321. The third-order valence-corrected chi connectivity index (χ3v) is 1.98. The van der Waals surface area contributed by atoms with Gasteiger partial charge in [0.1, 0.15) is 0 Å². The van der Waals surface area contributed by atoms with Crippen LogP contribution >= 0.6 is 0 Å². The van der Waals surface area contributed by atoms with E-state index in [1.165, 1.54) is 12.8 Å². The summed E-state index contributed by atoms with van der Waals surface area (Å²) in [5.41, 5.74) is 5.16. The Labute approximate surface area is 67.0 Å². The van der Waals surface area contributed by atoms with Crippen molar-refractivity contribution in [3.8, 4) is 0 Å². The predicted molar refractivity (Wildman–Crippen MR) is 45.5 cm³/mol. The van der Waals surface area contributed by atoms with E-state index in [-0.39, 0.29) is 5.96 Å². The van der Waals surface area contributed by atoms with E-state index in [1.54, 1.807) is 0 Å². The fourth-order valence-corrected chi connectivity index (χ4v) is 1.35. The molecule has 11 heavy (non-hydrogen) atoms. The van der Waals surface area contributed by atoms with E-state index in [1.807, 2.05) is 0 Å². The lowest BCUT2D eigenvalue weighted by Crippen LogP contribution is -2.40. The summed E-state index contributed by atoms with van der Waals surface area (Å²) in [6.45, 7) is 3.03. The lowest BCUT2D eigenvalue weighted by molar-refractivity contribution is 0.375. The Hall–Kier alpha value is -0.770. The van der Waals surface area contributed by atoms with Crippen molar-refractivity contribution in [2.24, 2.45) is 11.7 Å². The van der Waals surface area contributed by atoms with Gasteiger partial charge in [0.15, 0.2) is 5.96 Å². The minimum absolute atomic E-state index is 0.0792. The number of piperidine rings is 1. The maximum atomic E-state index is 6.96. The van der Waals surface area contributed by atoms with Gasteiger partial charge >= 0.3 is 0 Å². The summed E-state index contributed by atoms with van der Waals surface area (Å²) >= 11 is 0. The second-order valence-corrected chi connectivity index (χ2v) is 3.01. The molecule has 1 atom stereocenters. The molecular formula is C7H16N4. The molecule has 1 unspecified atom stereocenters. The summed E-state index contributed by atoms with van der Waals surface area (Å²) in [5.74, 6) is 0.725. The number of hydrogen-bond donors (Lipinski definition) is 4. The third kappa shape index (κ3) is 3.23. The van der Waals surface area contributed by atoms with Crippen molar-refractivity contribution in [2.45, 2.75) is 12.8 Å². The number of rotatable bonds is 2. The van der Waals surface area contributed by atoms with Crippen LogP contribution in [0.25, 0.3) is 0 Å². The van der Waals surface area contributed by atoms with Gasteiger partial charge in [-0.05, 0) is 31.8 Å². The summed E-state index contributed by atoms with van der Waals surface area (Å²) in [4.78, 5) is 0. The van der Waals surface area contributed by atoms with Crippen LogP contribution in [-0.2, 0) is 0 Å². The fourth-order valence-electron chi connectivity index (χ4n) is 1.35. The second-order valence-electron chi connectivity index (χ2n) is 3.01. The lowest BCUT2D eigenvalue weighted by Gasteiger charge is -2.22. The predicted octanol–water partition coefficient (Wildman–Crippen LogP) is -0.531. The van der Waals surface area contributed by atoms with E-state index in [9.17, 15) is 0 Å². The van der Waals surface area contributed by atoms with Crippen LogP contribution in [0.15, 0.2) is 0 Å². The Morgan fingerprint density at radius 2 is 2.55 bits per heavy atom. The van der Waals surface area contributed by atoms with Crippen LogP contribution in [0.5, 0.6) is 0 Å². The Kier molecular flexibility index (Phi) is 3.16. The van der Waals surface area contributed by atoms with E-state index in [0.29, 0.717) is 5.92 Å². The normalized spacial score (nSPS) is 24.5. The molecule has 4 heteroatoms. The van der Waals surface area contributed by atoms with E-state index >= 15 is 0 Å². The molecule has 1 rings (SSSR count). The molecular weight excluding hydrogens is 140 g/mol. The molecule has 0 amide bonds. The van der Waals surface area contributed by atoms with Crippen molar-refractivity contribution in [1.29, 1.82) is 5.41 Å². The highest BCUT2D eigenvalue weighted by Gasteiger charge is 2.11. The lowest BCUT2D eigenvalue weighted by atomic mass is 10.00. The maximum Gasteiger partial charge on any atom is 0.185 e. The summed E-state index contributed by atoms with van der Waals surface area (Å²) < 4.78 is 0. The Balaban J connectivity index is 2.09. The van der Waals surface area contributed by atoms with Crippen LogP contribution in [-0.4, -0.2) is 25.6 Å². The molecule has 5 N–H and O–H groups in total. The van der Waals surface area contributed by atoms with Crippen LogP contribution in [0.3, 0.4) is 0 Å². The van der Waals surface area contributed by atoms with Crippen molar-refractivity contribution in [2.75, 3.05) is 19.6 Å². The first-order chi connectivity index (χ1) is 5.29. The molecule has 0 aromatic rings. The summed E-state index contributed by atoms with van der Waals surface area (Å²) in [6, 6.07) is 0. The molecule has 0 bridgehead atoms. The highest BCUT2D eigenvalue weighted by Crippen LogP contribution is 2.07. The first-order valence-corrected chi connectivity index (χ1v) is 4.07. The number of hydrogen-bond acceptors (Lipinski definition) is 2. The molecule has 1 aliphatic rings. The van der Waals surface area contributed by atoms with Gasteiger partial charge in [0.05, 0.1) is 0 Å². The minimum Gasteiger partial charge on any atom is -0.370 e. The number of guanidine groups is 1. The molecule has 1 aliphatic heterocycles. The van der Waals surface area contributed by atoms with Crippen molar-refractivity contribution in [1.82, 2.24) is 10.6 Å². The van der Waals surface area contributed by atoms with Crippen LogP contribution in [0.1, 0.15) is 12.8 Å². The van der Waals surface area contributed by atoms with E-state index in [0.717, 1.165) is 19.6 Å². The first-order valence-electron chi connectivity index (χ1n) is 4.07. The standard InChI is InChI=1S/C7H16N4/c8-7(9)11-5-6-2-1-3-10-4-6/h6,10H,1-5H2,(H4,8,9,11). The smallest absolute Gasteiger partial charge is 0.185 e. The number of nitrogens with one attached hydrogen (secondary N) is 3. The van der Waals surface area contributed by atoms with Crippen molar-refractivity contribution in [3.05, 3.63) is 0 Å². The summed E-state index contributed by atoms with van der Waals surface area (Å²) in [7, 11) is 0. The van der Waals surface area contributed by atoms with Crippen LogP contribution in [0, 0.1) is 11.3 Å². The van der Waals surface area contributed by atoms with Crippen LogP contribution < -0.4 is 16.4 Å². The van der Waals surface area contributed by atoms with Gasteiger partial charge in [0.25, 0.3) is 0 Å². The Morgan fingerprint density at radius 3 is 3.09 bits per heavy atom. The summed E-state index contributed by atoms with van der Waals surface area (Å²) in [6.07, 6.45) is 2.48. The summed E-state index contributed by atoms with van der Waals surface area (Å²) in [5, 5.41) is 13.1.